The van der Waals surface area contributed by atoms with Crippen molar-refractivity contribution in [1.29, 1.82) is 0 Å². The van der Waals surface area contributed by atoms with Gasteiger partial charge in [-0.1, -0.05) is 41.7 Å². The van der Waals surface area contributed by atoms with Gasteiger partial charge in [-0.3, -0.25) is 9.36 Å². The Bertz CT molecular complexity index is 1920. The number of nitrogens with zero attached hydrogens (tertiary/aromatic N) is 3. The summed E-state index contributed by atoms with van der Waals surface area (Å²) in [5, 5.41) is 1.76. The third-order valence-electron chi connectivity index (χ3n) is 7.83. The summed E-state index contributed by atoms with van der Waals surface area (Å²) in [6.45, 7) is 6.74. The number of carbonyl (C=O) groups is 1. The molecular weight excluding hydrogens is 566 g/mol. The molecule has 1 saturated heterocycles. The van der Waals surface area contributed by atoms with Gasteiger partial charge in [0.25, 0.3) is 5.56 Å². The number of benzene rings is 3. The van der Waals surface area contributed by atoms with Gasteiger partial charge < -0.3 is 23.8 Å². The Morgan fingerprint density at radius 2 is 1.79 bits per heavy atom. The molecule has 3 heterocycles. The molecule has 2 aliphatic rings. The van der Waals surface area contributed by atoms with Crippen molar-refractivity contribution in [2.45, 2.75) is 19.9 Å². The van der Waals surface area contributed by atoms with Gasteiger partial charge in [0.1, 0.15) is 11.5 Å². The van der Waals surface area contributed by atoms with Crippen LogP contribution < -0.4 is 29.3 Å². The minimum Gasteiger partial charge on any atom is -0.496 e. The zero-order valence-electron chi connectivity index (χ0n) is 24.6. The predicted octanol–water partition coefficient (Wildman–Crippen LogP) is 3.81. The number of anilines is 1. The lowest BCUT2D eigenvalue weighted by Gasteiger charge is -2.29. The Morgan fingerprint density at radius 3 is 2.51 bits per heavy atom. The highest BCUT2D eigenvalue weighted by Crippen LogP contribution is 2.38. The minimum atomic E-state index is -0.737. The number of rotatable bonds is 7. The van der Waals surface area contributed by atoms with E-state index in [-0.39, 0.29) is 12.2 Å². The maximum absolute atomic E-state index is 14.2. The lowest BCUT2D eigenvalue weighted by atomic mass is 9.91. The van der Waals surface area contributed by atoms with Crippen molar-refractivity contribution in [3.05, 3.63) is 96.7 Å². The zero-order valence-corrected chi connectivity index (χ0v) is 25.4. The number of morpholine rings is 1. The molecule has 1 unspecified atom stereocenters. The summed E-state index contributed by atoms with van der Waals surface area (Å²) in [4.78, 5) is 35.1. The molecular formula is C33H33N3O6S. The molecule has 43 heavy (non-hydrogen) atoms. The average Bonchev–Trinajstić information content (AvgIpc) is 3.34. The molecule has 0 spiro atoms. The van der Waals surface area contributed by atoms with Gasteiger partial charge in [0.2, 0.25) is 0 Å². The SMILES string of the molecule is CCOC(=O)C1=C(C)N=c2sc(=Cc3ccc(N4CCOCC4)cc3OC)c(=O)n2C1c1ccc(OC)c2ccccc12. The summed E-state index contributed by atoms with van der Waals surface area (Å²) in [7, 11) is 3.25. The highest BCUT2D eigenvalue weighted by Gasteiger charge is 2.34. The van der Waals surface area contributed by atoms with Gasteiger partial charge in [-0.05, 0) is 49.1 Å². The van der Waals surface area contributed by atoms with E-state index in [9.17, 15) is 9.59 Å². The number of aromatic nitrogens is 1. The standard InChI is InChI=1S/C33H33N3O6S/c1-5-42-32(38)29-20(2)34-33-36(30(29)25-12-13-26(39-3)24-9-7-6-8-23(24)25)31(37)28(43-33)18-21-10-11-22(19-27(21)40-4)35-14-16-41-17-15-35/h6-13,18-19,30H,5,14-17H2,1-4H3. The summed E-state index contributed by atoms with van der Waals surface area (Å²) >= 11 is 1.29. The van der Waals surface area contributed by atoms with Crippen LogP contribution in [0.2, 0.25) is 0 Å². The monoisotopic (exact) mass is 599 g/mol. The molecule has 2 aliphatic heterocycles. The molecule has 1 fully saturated rings. The lowest BCUT2D eigenvalue weighted by Crippen LogP contribution is -2.40. The fourth-order valence-corrected chi connectivity index (χ4v) is 6.81. The molecule has 0 radical (unpaired) electrons. The van der Waals surface area contributed by atoms with Crippen molar-refractivity contribution >= 4 is 39.8 Å². The number of ether oxygens (including phenoxy) is 4. The van der Waals surface area contributed by atoms with E-state index >= 15 is 0 Å². The molecule has 0 saturated carbocycles. The van der Waals surface area contributed by atoms with Gasteiger partial charge >= 0.3 is 5.97 Å². The van der Waals surface area contributed by atoms with Crippen molar-refractivity contribution in [2.75, 3.05) is 52.0 Å². The number of carbonyl (C=O) groups excluding carboxylic acids is 1. The van der Waals surface area contributed by atoms with Crippen LogP contribution in [0.5, 0.6) is 11.5 Å². The van der Waals surface area contributed by atoms with Gasteiger partial charge in [0.15, 0.2) is 4.80 Å². The van der Waals surface area contributed by atoms with E-state index in [1.807, 2.05) is 60.7 Å². The number of allylic oxidation sites excluding steroid dienone is 1. The first-order valence-corrected chi connectivity index (χ1v) is 15.0. The number of thiazole rings is 1. The van der Waals surface area contributed by atoms with Crippen LogP contribution in [0, 0.1) is 0 Å². The van der Waals surface area contributed by atoms with Crippen LogP contribution in [0.15, 0.2) is 75.7 Å². The molecule has 4 aromatic rings. The van der Waals surface area contributed by atoms with Crippen LogP contribution in [0.1, 0.15) is 31.0 Å². The van der Waals surface area contributed by atoms with Crippen molar-refractivity contribution in [3.63, 3.8) is 0 Å². The first-order chi connectivity index (χ1) is 20.9. The molecule has 1 atom stereocenters. The van der Waals surface area contributed by atoms with Crippen LogP contribution in [0.4, 0.5) is 5.69 Å². The van der Waals surface area contributed by atoms with E-state index in [4.69, 9.17) is 23.9 Å². The number of esters is 1. The second-order valence-corrected chi connectivity index (χ2v) is 11.2. The number of hydrogen-bond donors (Lipinski definition) is 0. The maximum atomic E-state index is 14.2. The van der Waals surface area contributed by atoms with E-state index in [0.29, 0.717) is 45.3 Å². The zero-order chi connectivity index (χ0) is 30.1. The van der Waals surface area contributed by atoms with Crippen LogP contribution >= 0.6 is 11.3 Å². The predicted molar refractivity (Wildman–Crippen MR) is 167 cm³/mol. The molecule has 0 aliphatic carbocycles. The summed E-state index contributed by atoms with van der Waals surface area (Å²) in [6.07, 6.45) is 1.83. The Kier molecular flexibility index (Phi) is 8.05. The van der Waals surface area contributed by atoms with E-state index in [2.05, 4.69) is 4.90 Å². The molecule has 0 bridgehead atoms. The topological polar surface area (TPSA) is 91.6 Å². The van der Waals surface area contributed by atoms with Crippen molar-refractivity contribution in [1.82, 2.24) is 4.57 Å². The maximum Gasteiger partial charge on any atom is 0.338 e. The van der Waals surface area contributed by atoms with Gasteiger partial charge in [0, 0.05) is 35.8 Å². The third kappa shape index (κ3) is 5.21. The number of fused-ring (bicyclic) bond motifs is 2. The van der Waals surface area contributed by atoms with Crippen molar-refractivity contribution < 1.29 is 23.7 Å². The highest BCUT2D eigenvalue weighted by molar-refractivity contribution is 7.07. The van der Waals surface area contributed by atoms with E-state index in [1.165, 1.54) is 11.3 Å². The molecule has 10 heteroatoms. The summed E-state index contributed by atoms with van der Waals surface area (Å²) < 4.78 is 24.4. The lowest BCUT2D eigenvalue weighted by molar-refractivity contribution is -0.139. The first-order valence-electron chi connectivity index (χ1n) is 14.2. The molecule has 0 N–H and O–H groups in total. The normalized spacial score (nSPS) is 17.1. The number of hydrogen-bond acceptors (Lipinski definition) is 9. The Hall–Kier alpha value is -4.41. The minimum absolute atomic E-state index is 0.205. The van der Waals surface area contributed by atoms with Gasteiger partial charge in [-0.2, -0.15) is 0 Å². The van der Waals surface area contributed by atoms with E-state index < -0.39 is 12.0 Å². The summed E-state index contributed by atoms with van der Waals surface area (Å²) in [6, 6.07) is 16.8. The van der Waals surface area contributed by atoms with Gasteiger partial charge in [0.05, 0.1) is 55.9 Å². The Labute approximate surface area is 252 Å². The molecule has 6 rings (SSSR count). The highest BCUT2D eigenvalue weighted by atomic mass is 32.1. The van der Waals surface area contributed by atoms with Crippen LogP contribution in [0.3, 0.4) is 0 Å². The van der Waals surface area contributed by atoms with E-state index in [0.717, 1.165) is 40.7 Å². The van der Waals surface area contributed by atoms with Gasteiger partial charge in [-0.15, -0.1) is 0 Å². The smallest absolute Gasteiger partial charge is 0.338 e. The van der Waals surface area contributed by atoms with Gasteiger partial charge in [-0.25, -0.2) is 9.79 Å². The quantitative estimate of drug-likeness (QED) is 0.299. The second kappa shape index (κ2) is 12.1. The fraction of sp³-hybridized carbons (Fsp3) is 0.303. The summed E-state index contributed by atoms with van der Waals surface area (Å²) in [5.74, 6) is 0.872. The Morgan fingerprint density at radius 1 is 1.05 bits per heavy atom. The summed E-state index contributed by atoms with van der Waals surface area (Å²) in [5.41, 5.74) is 3.21. The molecule has 0 amide bonds. The fourth-order valence-electron chi connectivity index (χ4n) is 5.78. The van der Waals surface area contributed by atoms with E-state index in [1.54, 1.807) is 32.6 Å². The van der Waals surface area contributed by atoms with Crippen LogP contribution in [0.25, 0.3) is 16.8 Å². The molecule has 3 aromatic carbocycles. The number of methoxy groups -OCH3 is 2. The van der Waals surface area contributed by atoms with Crippen molar-refractivity contribution in [3.8, 4) is 11.5 Å². The van der Waals surface area contributed by atoms with Crippen molar-refractivity contribution in [2.24, 2.45) is 4.99 Å². The Balaban J connectivity index is 1.53. The van der Waals surface area contributed by atoms with Crippen LogP contribution in [-0.2, 0) is 14.3 Å². The van der Waals surface area contributed by atoms with Crippen LogP contribution in [-0.4, -0.2) is 57.7 Å². The first kappa shape index (κ1) is 28.7. The average molecular weight is 600 g/mol. The third-order valence-corrected chi connectivity index (χ3v) is 8.81. The second-order valence-electron chi connectivity index (χ2n) is 10.2. The molecule has 9 nitrogen and oxygen atoms in total. The largest absolute Gasteiger partial charge is 0.496 e. The molecule has 1 aromatic heterocycles. The molecule has 222 valence electrons.